The van der Waals surface area contributed by atoms with E-state index >= 15 is 0 Å². The van der Waals surface area contributed by atoms with E-state index in [2.05, 4.69) is 0 Å². The Kier molecular flexibility index (Phi) is 5.14. The molecule has 0 aromatic heterocycles. The van der Waals surface area contributed by atoms with Crippen LogP contribution < -0.4 is 0 Å². The third-order valence-electron chi connectivity index (χ3n) is 5.07. The summed E-state index contributed by atoms with van der Waals surface area (Å²) in [7, 11) is 0. The Hall–Kier alpha value is -0.120. The smallest absolute Gasteiger partial charge is 0.107 e. The maximum absolute atomic E-state index is 6.34. The Labute approximate surface area is 117 Å². The van der Waals surface area contributed by atoms with Crippen molar-refractivity contribution in [1.29, 1.82) is 0 Å². The topological polar surface area (TPSA) is 27.7 Å². The fourth-order valence-electron chi connectivity index (χ4n) is 3.95. The Balaban J connectivity index is 1.54. The second-order valence-corrected chi connectivity index (χ2v) is 6.48. The highest BCUT2D eigenvalue weighted by Gasteiger charge is 2.35. The van der Waals surface area contributed by atoms with Crippen LogP contribution in [0.3, 0.4) is 0 Å². The van der Waals surface area contributed by atoms with Gasteiger partial charge in [0.1, 0.15) is 6.10 Å². The fraction of sp³-hybridized carbons (Fsp3) is 1.00. The second-order valence-electron chi connectivity index (χ2n) is 6.48. The molecular formula is C16H28O3. The second kappa shape index (κ2) is 7.05. The van der Waals surface area contributed by atoms with Gasteiger partial charge in [-0.3, -0.25) is 0 Å². The minimum absolute atomic E-state index is 0.179. The van der Waals surface area contributed by atoms with Gasteiger partial charge in [0, 0.05) is 6.61 Å². The van der Waals surface area contributed by atoms with Crippen LogP contribution in [-0.4, -0.2) is 38.6 Å². The summed E-state index contributed by atoms with van der Waals surface area (Å²) in [5.41, 5.74) is 0. The summed E-state index contributed by atoms with van der Waals surface area (Å²) in [6, 6.07) is 0. The predicted octanol–water partition coefficient (Wildman–Crippen LogP) is 3.17. The van der Waals surface area contributed by atoms with Gasteiger partial charge in [-0.15, -0.1) is 0 Å². The average Bonchev–Trinajstić information content (AvgIpc) is 3.13. The molecule has 1 heterocycles. The minimum Gasteiger partial charge on any atom is -0.376 e. The highest BCUT2D eigenvalue weighted by Crippen LogP contribution is 2.33. The number of rotatable bonds is 5. The first-order valence-electron chi connectivity index (χ1n) is 8.24. The summed E-state index contributed by atoms with van der Waals surface area (Å²) in [6.45, 7) is 3.16. The third kappa shape index (κ3) is 3.71. The molecule has 3 rings (SSSR count). The van der Waals surface area contributed by atoms with Crippen LogP contribution in [0, 0.1) is 11.8 Å². The number of hydrogen-bond acceptors (Lipinski definition) is 3. The Morgan fingerprint density at radius 2 is 1.68 bits per heavy atom. The van der Waals surface area contributed by atoms with Crippen LogP contribution in [0.4, 0.5) is 0 Å². The molecule has 3 aliphatic rings. The Morgan fingerprint density at radius 1 is 0.947 bits per heavy atom. The molecule has 0 aromatic carbocycles. The van der Waals surface area contributed by atoms with Crippen molar-refractivity contribution in [2.24, 2.45) is 11.8 Å². The van der Waals surface area contributed by atoms with E-state index < -0.39 is 0 Å². The molecule has 1 saturated heterocycles. The molecule has 2 saturated carbocycles. The largest absolute Gasteiger partial charge is 0.376 e. The Morgan fingerprint density at radius 3 is 2.37 bits per heavy atom. The van der Waals surface area contributed by atoms with E-state index in [0.717, 1.165) is 32.3 Å². The van der Waals surface area contributed by atoms with Gasteiger partial charge in [0.2, 0.25) is 0 Å². The molecule has 0 N–H and O–H groups in total. The minimum atomic E-state index is 0.179. The molecule has 2 unspecified atom stereocenters. The van der Waals surface area contributed by atoms with Gasteiger partial charge in [0.05, 0.1) is 25.9 Å². The van der Waals surface area contributed by atoms with E-state index in [4.69, 9.17) is 14.2 Å². The number of ether oxygens (including phenoxy) is 3. The van der Waals surface area contributed by atoms with Crippen LogP contribution in [-0.2, 0) is 14.2 Å². The lowest BCUT2D eigenvalue weighted by Crippen LogP contribution is -2.44. The standard InChI is InChI=1S/C16H28O3/c1-2-6-13(5-1)11-19-16(14-7-3-4-8-14)15-12-17-9-10-18-15/h13-16H,1-12H2. The summed E-state index contributed by atoms with van der Waals surface area (Å²) in [5.74, 6) is 1.50. The molecule has 2 aliphatic carbocycles. The van der Waals surface area contributed by atoms with Gasteiger partial charge >= 0.3 is 0 Å². The quantitative estimate of drug-likeness (QED) is 0.766. The van der Waals surface area contributed by atoms with Gasteiger partial charge < -0.3 is 14.2 Å². The normalized spacial score (nSPS) is 31.9. The first-order chi connectivity index (χ1) is 9.43. The predicted molar refractivity (Wildman–Crippen MR) is 74.2 cm³/mol. The van der Waals surface area contributed by atoms with E-state index in [1.807, 2.05) is 0 Å². The van der Waals surface area contributed by atoms with E-state index in [1.165, 1.54) is 51.4 Å². The summed E-state index contributed by atoms with van der Waals surface area (Å²) in [6.07, 6.45) is 11.3. The SMILES string of the molecule is C1CCC(COC(C2CCCC2)C2COCCO2)C1. The molecule has 3 fully saturated rings. The van der Waals surface area contributed by atoms with Crippen molar-refractivity contribution in [2.45, 2.75) is 63.6 Å². The van der Waals surface area contributed by atoms with Crippen molar-refractivity contribution in [3.63, 3.8) is 0 Å². The molecule has 19 heavy (non-hydrogen) atoms. The first-order valence-corrected chi connectivity index (χ1v) is 8.24. The van der Waals surface area contributed by atoms with Crippen LogP contribution >= 0.6 is 0 Å². The van der Waals surface area contributed by atoms with Gasteiger partial charge in [0.15, 0.2) is 0 Å². The molecular weight excluding hydrogens is 240 g/mol. The lowest BCUT2D eigenvalue weighted by Gasteiger charge is -2.34. The van der Waals surface area contributed by atoms with Gasteiger partial charge in [-0.2, -0.15) is 0 Å². The lowest BCUT2D eigenvalue weighted by atomic mass is 9.95. The molecule has 2 atom stereocenters. The summed E-state index contributed by atoms with van der Waals surface area (Å²) in [4.78, 5) is 0. The summed E-state index contributed by atoms with van der Waals surface area (Å²) < 4.78 is 17.9. The highest BCUT2D eigenvalue weighted by atomic mass is 16.6. The van der Waals surface area contributed by atoms with E-state index in [0.29, 0.717) is 5.92 Å². The van der Waals surface area contributed by atoms with Gasteiger partial charge in [-0.1, -0.05) is 25.7 Å². The molecule has 0 aromatic rings. The third-order valence-corrected chi connectivity index (χ3v) is 5.07. The van der Waals surface area contributed by atoms with Gasteiger partial charge in [-0.25, -0.2) is 0 Å². The van der Waals surface area contributed by atoms with Crippen LogP contribution in [0.5, 0.6) is 0 Å². The van der Waals surface area contributed by atoms with Crippen molar-refractivity contribution >= 4 is 0 Å². The van der Waals surface area contributed by atoms with Crippen LogP contribution in [0.15, 0.2) is 0 Å². The zero-order chi connectivity index (χ0) is 12.9. The molecule has 0 amide bonds. The van der Waals surface area contributed by atoms with E-state index in [-0.39, 0.29) is 12.2 Å². The lowest BCUT2D eigenvalue weighted by molar-refractivity contribution is -0.164. The van der Waals surface area contributed by atoms with Crippen LogP contribution in [0.2, 0.25) is 0 Å². The fourth-order valence-corrected chi connectivity index (χ4v) is 3.95. The van der Waals surface area contributed by atoms with Crippen molar-refractivity contribution in [2.75, 3.05) is 26.4 Å². The highest BCUT2D eigenvalue weighted by molar-refractivity contribution is 4.84. The summed E-state index contributed by atoms with van der Waals surface area (Å²) in [5, 5.41) is 0. The molecule has 110 valence electrons. The van der Waals surface area contributed by atoms with E-state index in [9.17, 15) is 0 Å². The van der Waals surface area contributed by atoms with Crippen LogP contribution in [0.25, 0.3) is 0 Å². The van der Waals surface area contributed by atoms with Crippen molar-refractivity contribution in [3.8, 4) is 0 Å². The molecule has 0 radical (unpaired) electrons. The van der Waals surface area contributed by atoms with Crippen LogP contribution in [0.1, 0.15) is 51.4 Å². The maximum atomic E-state index is 6.34. The zero-order valence-electron chi connectivity index (χ0n) is 12.0. The van der Waals surface area contributed by atoms with Gasteiger partial charge in [-0.05, 0) is 37.5 Å². The average molecular weight is 268 g/mol. The summed E-state index contributed by atoms with van der Waals surface area (Å²) >= 11 is 0. The Bertz CT molecular complexity index is 251. The first kappa shape index (κ1) is 13.8. The van der Waals surface area contributed by atoms with E-state index in [1.54, 1.807) is 0 Å². The van der Waals surface area contributed by atoms with Crippen molar-refractivity contribution in [3.05, 3.63) is 0 Å². The number of hydrogen-bond donors (Lipinski definition) is 0. The molecule has 3 nitrogen and oxygen atoms in total. The molecule has 0 bridgehead atoms. The monoisotopic (exact) mass is 268 g/mol. The molecule has 1 aliphatic heterocycles. The van der Waals surface area contributed by atoms with Crippen molar-refractivity contribution < 1.29 is 14.2 Å². The zero-order valence-corrected chi connectivity index (χ0v) is 12.0. The molecule has 0 spiro atoms. The van der Waals surface area contributed by atoms with Gasteiger partial charge in [0.25, 0.3) is 0 Å². The molecule has 3 heteroatoms. The maximum Gasteiger partial charge on any atom is 0.107 e. The van der Waals surface area contributed by atoms with Crippen molar-refractivity contribution in [1.82, 2.24) is 0 Å².